The van der Waals surface area contributed by atoms with Gasteiger partial charge >= 0.3 is 0 Å². The highest BCUT2D eigenvalue weighted by Gasteiger charge is 2.15. The summed E-state index contributed by atoms with van der Waals surface area (Å²) in [6.45, 7) is 11.7. The van der Waals surface area contributed by atoms with Crippen molar-refractivity contribution in [1.29, 1.82) is 0 Å². The van der Waals surface area contributed by atoms with E-state index in [9.17, 15) is 0 Å². The van der Waals surface area contributed by atoms with Crippen molar-refractivity contribution in [3.8, 4) is 0 Å². The smallest absolute Gasteiger partial charge is 0.148 e. The minimum atomic E-state index is 0.661. The highest BCUT2D eigenvalue weighted by atomic mass is 79.9. The first-order chi connectivity index (χ1) is 9.13. The molecular weight excluding hydrogens is 304 g/mol. The van der Waals surface area contributed by atoms with Gasteiger partial charge in [0.05, 0.1) is 0 Å². The van der Waals surface area contributed by atoms with E-state index in [2.05, 4.69) is 63.8 Å². The van der Waals surface area contributed by atoms with Crippen LogP contribution in [0, 0.1) is 5.92 Å². The second-order valence-corrected chi connectivity index (χ2v) is 5.63. The molecule has 0 aliphatic rings. The molecular formula is C14H25BrN4. The van der Waals surface area contributed by atoms with Crippen molar-refractivity contribution in [2.75, 3.05) is 29.9 Å². The summed E-state index contributed by atoms with van der Waals surface area (Å²) in [6, 6.07) is 0. The standard InChI is InChI=1S/C14H25BrN4/c1-5-8-16-13-12(15)14(18-10-17-13)19(7-3)9-11(4)6-2/h10-11H,5-9H2,1-4H3,(H,16,17,18). The van der Waals surface area contributed by atoms with E-state index >= 15 is 0 Å². The summed E-state index contributed by atoms with van der Waals surface area (Å²) >= 11 is 3.64. The lowest BCUT2D eigenvalue weighted by Gasteiger charge is -2.26. The average Bonchev–Trinajstić information content (AvgIpc) is 2.43. The average molecular weight is 329 g/mol. The minimum Gasteiger partial charge on any atom is -0.369 e. The molecule has 1 heterocycles. The molecule has 1 aromatic rings. The van der Waals surface area contributed by atoms with Crippen LogP contribution in [0.2, 0.25) is 0 Å². The van der Waals surface area contributed by atoms with Crippen molar-refractivity contribution in [2.24, 2.45) is 5.92 Å². The Morgan fingerprint density at radius 2 is 2.05 bits per heavy atom. The van der Waals surface area contributed by atoms with Crippen molar-refractivity contribution in [3.05, 3.63) is 10.8 Å². The van der Waals surface area contributed by atoms with Gasteiger partial charge < -0.3 is 10.2 Å². The van der Waals surface area contributed by atoms with E-state index < -0.39 is 0 Å². The Balaban J connectivity index is 2.90. The Labute approximate surface area is 125 Å². The number of hydrogen-bond donors (Lipinski definition) is 1. The molecule has 0 aliphatic carbocycles. The molecule has 0 aliphatic heterocycles. The Hall–Kier alpha value is -0.840. The van der Waals surface area contributed by atoms with Gasteiger partial charge in [-0.15, -0.1) is 0 Å². The van der Waals surface area contributed by atoms with Gasteiger partial charge in [0.1, 0.15) is 22.4 Å². The topological polar surface area (TPSA) is 41.1 Å². The second-order valence-electron chi connectivity index (χ2n) is 4.84. The number of halogens is 1. The predicted octanol–water partition coefficient (Wildman–Crippen LogP) is 3.93. The first kappa shape index (κ1) is 16.2. The van der Waals surface area contributed by atoms with Crippen LogP contribution >= 0.6 is 15.9 Å². The maximum absolute atomic E-state index is 4.43. The summed E-state index contributed by atoms with van der Waals surface area (Å²) in [5.41, 5.74) is 0. The summed E-state index contributed by atoms with van der Waals surface area (Å²) in [5.74, 6) is 2.53. The SMILES string of the molecule is CCCNc1ncnc(N(CC)CC(C)CC)c1Br. The molecule has 0 saturated heterocycles. The molecule has 1 N–H and O–H groups in total. The Bertz CT molecular complexity index is 384. The normalized spacial score (nSPS) is 12.3. The third-order valence-electron chi connectivity index (χ3n) is 3.22. The molecule has 1 rings (SSSR count). The van der Waals surface area contributed by atoms with Crippen molar-refractivity contribution in [1.82, 2.24) is 9.97 Å². The van der Waals surface area contributed by atoms with Gasteiger partial charge in [0, 0.05) is 19.6 Å². The molecule has 19 heavy (non-hydrogen) atoms. The first-order valence-electron chi connectivity index (χ1n) is 7.13. The van der Waals surface area contributed by atoms with Crippen molar-refractivity contribution in [3.63, 3.8) is 0 Å². The van der Waals surface area contributed by atoms with Crippen LogP contribution in [0.5, 0.6) is 0 Å². The largest absolute Gasteiger partial charge is 0.369 e. The quantitative estimate of drug-likeness (QED) is 0.784. The van der Waals surface area contributed by atoms with Gasteiger partial charge in [0.25, 0.3) is 0 Å². The number of nitrogens with zero attached hydrogens (tertiary/aromatic N) is 3. The van der Waals surface area contributed by atoms with E-state index in [1.54, 1.807) is 6.33 Å². The van der Waals surface area contributed by atoms with Gasteiger partial charge in [-0.3, -0.25) is 0 Å². The van der Waals surface area contributed by atoms with Crippen LogP contribution in [0.25, 0.3) is 0 Å². The molecule has 0 bridgehead atoms. The predicted molar refractivity (Wildman–Crippen MR) is 85.9 cm³/mol. The molecule has 0 aromatic carbocycles. The van der Waals surface area contributed by atoms with Crippen LogP contribution in [0.1, 0.15) is 40.5 Å². The molecule has 1 aromatic heterocycles. The van der Waals surface area contributed by atoms with E-state index in [-0.39, 0.29) is 0 Å². The Morgan fingerprint density at radius 1 is 1.32 bits per heavy atom. The summed E-state index contributed by atoms with van der Waals surface area (Å²) in [5, 5.41) is 3.32. The number of aromatic nitrogens is 2. The van der Waals surface area contributed by atoms with Crippen LogP contribution < -0.4 is 10.2 Å². The fourth-order valence-corrected chi connectivity index (χ4v) is 2.41. The molecule has 0 fully saturated rings. The van der Waals surface area contributed by atoms with Gasteiger partial charge in [-0.05, 0) is 35.2 Å². The van der Waals surface area contributed by atoms with Gasteiger partial charge in [-0.1, -0.05) is 27.2 Å². The zero-order chi connectivity index (χ0) is 14.3. The lowest BCUT2D eigenvalue weighted by Crippen LogP contribution is -2.29. The molecule has 0 amide bonds. The van der Waals surface area contributed by atoms with Crippen molar-refractivity contribution in [2.45, 2.75) is 40.5 Å². The molecule has 108 valence electrons. The van der Waals surface area contributed by atoms with Crippen LogP contribution in [-0.4, -0.2) is 29.6 Å². The number of hydrogen-bond acceptors (Lipinski definition) is 4. The molecule has 5 heteroatoms. The fraction of sp³-hybridized carbons (Fsp3) is 0.714. The second kappa shape index (κ2) is 8.35. The fourth-order valence-electron chi connectivity index (χ4n) is 1.82. The van der Waals surface area contributed by atoms with Crippen molar-refractivity contribution >= 4 is 27.6 Å². The van der Waals surface area contributed by atoms with E-state index in [0.717, 1.165) is 42.2 Å². The third kappa shape index (κ3) is 4.64. The van der Waals surface area contributed by atoms with E-state index in [1.165, 1.54) is 6.42 Å². The van der Waals surface area contributed by atoms with Gasteiger partial charge in [0.15, 0.2) is 0 Å². The summed E-state index contributed by atoms with van der Waals surface area (Å²) < 4.78 is 0.966. The molecule has 0 saturated carbocycles. The minimum absolute atomic E-state index is 0.661. The van der Waals surface area contributed by atoms with Crippen LogP contribution in [-0.2, 0) is 0 Å². The third-order valence-corrected chi connectivity index (χ3v) is 3.95. The first-order valence-corrected chi connectivity index (χ1v) is 7.92. The lowest BCUT2D eigenvalue weighted by atomic mass is 10.1. The zero-order valence-corrected chi connectivity index (χ0v) is 14.0. The van der Waals surface area contributed by atoms with E-state index in [4.69, 9.17) is 0 Å². The van der Waals surface area contributed by atoms with E-state index in [0.29, 0.717) is 5.92 Å². The molecule has 1 unspecified atom stereocenters. The van der Waals surface area contributed by atoms with Crippen LogP contribution in [0.15, 0.2) is 10.8 Å². The molecule has 0 radical (unpaired) electrons. The molecule has 0 spiro atoms. The Kier molecular flexibility index (Phi) is 7.13. The highest BCUT2D eigenvalue weighted by molar-refractivity contribution is 9.10. The Morgan fingerprint density at radius 3 is 2.63 bits per heavy atom. The lowest BCUT2D eigenvalue weighted by molar-refractivity contribution is 0.545. The van der Waals surface area contributed by atoms with Crippen LogP contribution in [0.3, 0.4) is 0 Å². The summed E-state index contributed by atoms with van der Waals surface area (Å²) in [4.78, 5) is 11.0. The maximum atomic E-state index is 4.43. The zero-order valence-electron chi connectivity index (χ0n) is 12.4. The van der Waals surface area contributed by atoms with Crippen LogP contribution in [0.4, 0.5) is 11.6 Å². The number of anilines is 2. The van der Waals surface area contributed by atoms with Gasteiger partial charge in [0.2, 0.25) is 0 Å². The van der Waals surface area contributed by atoms with Gasteiger partial charge in [-0.2, -0.15) is 0 Å². The monoisotopic (exact) mass is 328 g/mol. The van der Waals surface area contributed by atoms with Crippen molar-refractivity contribution < 1.29 is 0 Å². The number of nitrogens with one attached hydrogen (secondary N) is 1. The van der Waals surface area contributed by atoms with Gasteiger partial charge in [-0.25, -0.2) is 9.97 Å². The highest BCUT2D eigenvalue weighted by Crippen LogP contribution is 2.30. The van der Waals surface area contributed by atoms with E-state index in [1.807, 2.05) is 0 Å². The maximum Gasteiger partial charge on any atom is 0.148 e. The summed E-state index contributed by atoms with van der Waals surface area (Å²) in [7, 11) is 0. The number of rotatable bonds is 8. The molecule has 1 atom stereocenters. The molecule has 4 nitrogen and oxygen atoms in total. The summed E-state index contributed by atoms with van der Waals surface area (Å²) in [6.07, 6.45) is 3.90.